The van der Waals surface area contributed by atoms with Gasteiger partial charge in [-0.3, -0.25) is 19.2 Å². The van der Waals surface area contributed by atoms with Gasteiger partial charge in [0.1, 0.15) is 12.1 Å². The number of ether oxygens (including phenoxy) is 2. The minimum Gasteiger partial charge on any atom is -0.468 e. The maximum absolute atomic E-state index is 12.0. The molecular formula is C15H26N2O7. The first-order valence-electron chi connectivity index (χ1n) is 7.50. The van der Waals surface area contributed by atoms with Crippen LogP contribution in [0.15, 0.2) is 0 Å². The maximum atomic E-state index is 12.0. The highest BCUT2D eigenvalue weighted by Gasteiger charge is 2.41. The van der Waals surface area contributed by atoms with Gasteiger partial charge in [0.05, 0.1) is 14.2 Å². The summed E-state index contributed by atoms with van der Waals surface area (Å²) in [5, 5.41) is 12.1. The lowest BCUT2D eigenvalue weighted by Crippen LogP contribution is -2.54. The Morgan fingerprint density at radius 1 is 1.04 bits per heavy atom. The van der Waals surface area contributed by atoms with E-state index in [1.165, 1.54) is 6.92 Å². The summed E-state index contributed by atoms with van der Waals surface area (Å²) in [6, 6.07) is -1.36. The van der Waals surface area contributed by atoms with E-state index >= 15 is 0 Å². The molecule has 0 saturated carbocycles. The molecule has 9 heteroatoms. The number of aliphatic hydroxyl groups excluding tert-OH is 1. The van der Waals surface area contributed by atoms with Crippen molar-refractivity contribution < 1.29 is 33.8 Å². The van der Waals surface area contributed by atoms with Crippen molar-refractivity contribution in [2.24, 2.45) is 23.5 Å². The van der Waals surface area contributed by atoms with E-state index in [2.05, 4.69) is 14.8 Å². The number of hydrogen-bond donors (Lipinski definition) is 3. The average molecular weight is 346 g/mol. The van der Waals surface area contributed by atoms with E-state index in [1.807, 2.05) is 13.8 Å². The van der Waals surface area contributed by atoms with Gasteiger partial charge in [-0.15, -0.1) is 0 Å². The third-order valence-corrected chi connectivity index (χ3v) is 3.56. The normalized spacial score (nSPS) is 14.7. The molecule has 24 heavy (non-hydrogen) atoms. The Morgan fingerprint density at radius 3 is 1.83 bits per heavy atom. The van der Waals surface area contributed by atoms with Crippen molar-refractivity contribution in [3.05, 3.63) is 0 Å². The van der Waals surface area contributed by atoms with Crippen LogP contribution in [0.1, 0.15) is 27.2 Å². The van der Waals surface area contributed by atoms with Crippen LogP contribution in [0.5, 0.6) is 0 Å². The summed E-state index contributed by atoms with van der Waals surface area (Å²) in [6.45, 7) is 5.01. The number of rotatable bonds is 9. The number of nitrogens with two attached hydrogens (primary N) is 1. The summed E-state index contributed by atoms with van der Waals surface area (Å²) in [5.74, 6) is -6.03. The first-order valence-corrected chi connectivity index (χ1v) is 7.50. The van der Waals surface area contributed by atoms with Crippen molar-refractivity contribution in [3.8, 4) is 0 Å². The Kier molecular flexibility index (Phi) is 8.97. The first kappa shape index (κ1) is 21.8. The highest BCUT2D eigenvalue weighted by Crippen LogP contribution is 2.20. The Hall–Kier alpha value is -2.16. The molecule has 0 saturated heterocycles. The summed E-state index contributed by atoms with van der Waals surface area (Å²) in [4.78, 5) is 47.3. The zero-order chi connectivity index (χ0) is 19.0. The highest BCUT2D eigenvalue weighted by molar-refractivity contribution is 5.97. The standard InChI is InChI=1S/C15H26N2O7/c1-7(2)6-9(18)13(20)17-11(12(16)19)8(3)10(14(21)23-4)15(22)24-5/h7-11,18H,6H2,1-5H3,(H2,16,19)(H,17,20)/t8-,9+,11-/m1/s1. The molecule has 0 aliphatic rings. The van der Waals surface area contributed by atoms with Crippen molar-refractivity contribution in [1.82, 2.24) is 5.32 Å². The number of methoxy groups -OCH3 is 2. The molecule has 9 nitrogen and oxygen atoms in total. The third-order valence-electron chi connectivity index (χ3n) is 3.56. The number of carbonyl (C=O) groups is 4. The monoisotopic (exact) mass is 346 g/mol. The molecule has 4 N–H and O–H groups in total. The van der Waals surface area contributed by atoms with Gasteiger partial charge in [-0.05, 0) is 12.3 Å². The van der Waals surface area contributed by atoms with E-state index in [-0.39, 0.29) is 12.3 Å². The predicted molar refractivity (Wildman–Crippen MR) is 83.3 cm³/mol. The molecule has 3 atom stereocenters. The van der Waals surface area contributed by atoms with E-state index in [9.17, 15) is 24.3 Å². The molecule has 0 aliphatic heterocycles. The van der Waals surface area contributed by atoms with Crippen LogP contribution < -0.4 is 11.1 Å². The van der Waals surface area contributed by atoms with Crippen molar-refractivity contribution in [1.29, 1.82) is 0 Å². The van der Waals surface area contributed by atoms with Crippen molar-refractivity contribution in [2.75, 3.05) is 14.2 Å². The fourth-order valence-electron chi connectivity index (χ4n) is 2.24. The fraction of sp³-hybridized carbons (Fsp3) is 0.733. The predicted octanol–water partition coefficient (Wildman–Crippen LogP) is -1.04. The molecule has 0 aromatic heterocycles. The highest BCUT2D eigenvalue weighted by atomic mass is 16.5. The van der Waals surface area contributed by atoms with Gasteiger partial charge in [0.15, 0.2) is 5.92 Å². The lowest BCUT2D eigenvalue weighted by molar-refractivity contribution is -0.162. The molecule has 0 bridgehead atoms. The van der Waals surface area contributed by atoms with Crippen LogP contribution in [-0.4, -0.2) is 55.2 Å². The molecule has 0 aliphatic carbocycles. The van der Waals surface area contributed by atoms with Crippen molar-refractivity contribution >= 4 is 23.8 Å². The van der Waals surface area contributed by atoms with E-state index in [0.29, 0.717) is 0 Å². The van der Waals surface area contributed by atoms with Crippen molar-refractivity contribution in [3.63, 3.8) is 0 Å². The zero-order valence-electron chi connectivity index (χ0n) is 14.6. The van der Waals surface area contributed by atoms with E-state index in [4.69, 9.17) is 5.73 Å². The molecule has 0 unspecified atom stereocenters. The molecule has 0 heterocycles. The second-order valence-corrected chi connectivity index (χ2v) is 5.92. The average Bonchev–Trinajstić information content (AvgIpc) is 2.50. The summed E-state index contributed by atoms with van der Waals surface area (Å²) < 4.78 is 9.07. The Bertz CT molecular complexity index is 462. The van der Waals surface area contributed by atoms with Gasteiger partial charge in [0.2, 0.25) is 11.8 Å². The molecular weight excluding hydrogens is 320 g/mol. The Labute approximate surface area is 140 Å². The molecule has 0 fully saturated rings. The van der Waals surface area contributed by atoms with Gasteiger partial charge >= 0.3 is 11.9 Å². The van der Waals surface area contributed by atoms with Crippen LogP contribution >= 0.6 is 0 Å². The van der Waals surface area contributed by atoms with E-state index in [0.717, 1.165) is 14.2 Å². The number of primary amides is 1. The van der Waals surface area contributed by atoms with E-state index in [1.54, 1.807) is 0 Å². The first-order chi connectivity index (χ1) is 11.1. The molecule has 0 radical (unpaired) electrons. The molecule has 2 amide bonds. The molecule has 0 rings (SSSR count). The SMILES string of the molecule is COC(=O)C(C(=O)OC)[C@@H](C)[C@@H](NC(=O)[C@@H](O)CC(C)C)C(N)=O. The number of nitrogens with one attached hydrogen (secondary N) is 1. The quantitative estimate of drug-likeness (QED) is 0.357. The van der Waals surface area contributed by atoms with Crippen LogP contribution in [0.4, 0.5) is 0 Å². The number of aliphatic hydroxyl groups is 1. The van der Waals surface area contributed by atoms with Crippen LogP contribution in [-0.2, 0) is 28.7 Å². The molecule has 0 spiro atoms. The largest absolute Gasteiger partial charge is 0.468 e. The van der Waals surface area contributed by atoms with E-state index < -0.39 is 47.7 Å². The van der Waals surface area contributed by atoms with Crippen LogP contribution in [0.2, 0.25) is 0 Å². The van der Waals surface area contributed by atoms with Gasteiger partial charge in [0, 0.05) is 5.92 Å². The second-order valence-electron chi connectivity index (χ2n) is 5.92. The lowest BCUT2D eigenvalue weighted by Gasteiger charge is -2.27. The van der Waals surface area contributed by atoms with Gasteiger partial charge in [-0.1, -0.05) is 20.8 Å². The maximum Gasteiger partial charge on any atom is 0.320 e. The Morgan fingerprint density at radius 2 is 1.50 bits per heavy atom. The third kappa shape index (κ3) is 6.15. The smallest absolute Gasteiger partial charge is 0.320 e. The van der Waals surface area contributed by atoms with Gasteiger partial charge in [-0.2, -0.15) is 0 Å². The Balaban J connectivity index is 5.34. The number of carbonyl (C=O) groups excluding carboxylic acids is 4. The fourth-order valence-corrected chi connectivity index (χ4v) is 2.24. The summed E-state index contributed by atoms with van der Waals surface area (Å²) in [7, 11) is 2.16. The lowest BCUT2D eigenvalue weighted by atomic mass is 9.86. The second kappa shape index (κ2) is 9.86. The minimum atomic E-state index is -1.44. The van der Waals surface area contributed by atoms with Gasteiger partial charge < -0.3 is 25.6 Å². The molecule has 0 aromatic carbocycles. The van der Waals surface area contributed by atoms with Crippen LogP contribution in [0.25, 0.3) is 0 Å². The minimum absolute atomic E-state index is 0.0492. The van der Waals surface area contributed by atoms with Gasteiger partial charge in [-0.25, -0.2) is 0 Å². The van der Waals surface area contributed by atoms with Crippen LogP contribution in [0.3, 0.4) is 0 Å². The van der Waals surface area contributed by atoms with Crippen LogP contribution in [0, 0.1) is 17.8 Å². The summed E-state index contributed by atoms with van der Waals surface area (Å²) in [6.07, 6.45) is -1.16. The summed E-state index contributed by atoms with van der Waals surface area (Å²) in [5.41, 5.74) is 5.27. The zero-order valence-corrected chi connectivity index (χ0v) is 14.6. The number of hydrogen-bond acceptors (Lipinski definition) is 7. The molecule has 0 aromatic rings. The van der Waals surface area contributed by atoms with Gasteiger partial charge in [0.25, 0.3) is 0 Å². The summed E-state index contributed by atoms with van der Waals surface area (Å²) >= 11 is 0. The molecule has 138 valence electrons. The van der Waals surface area contributed by atoms with Crippen molar-refractivity contribution in [2.45, 2.75) is 39.3 Å². The number of amides is 2. The number of esters is 2. The topological polar surface area (TPSA) is 145 Å².